The molecular weight excluding hydrogens is 719 g/mol. The van der Waals surface area contributed by atoms with Gasteiger partial charge in [-0.05, 0) is 121 Å². The van der Waals surface area contributed by atoms with Crippen molar-refractivity contribution in [1.82, 2.24) is 0 Å². The number of rotatable bonds is 18. The van der Waals surface area contributed by atoms with E-state index in [0.29, 0.717) is 47.3 Å². The highest BCUT2D eigenvalue weighted by atomic mass is 19.1. The van der Waals surface area contributed by atoms with Crippen LogP contribution in [0.3, 0.4) is 0 Å². The van der Waals surface area contributed by atoms with E-state index in [1.54, 1.807) is 24.3 Å². The Morgan fingerprint density at radius 1 is 0.439 bits per heavy atom. The van der Waals surface area contributed by atoms with Crippen molar-refractivity contribution in [3.05, 3.63) is 179 Å². The van der Waals surface area contributed by atoms with Gasteiger partial charge in [0.1, 0.15) is 46.1 Å². The Kier molecular flexibility index (Phi) is 13.3. The maximum Gasteiger partial charge on any atom is 0.127 e. The third-order valence-electron chi connectivity index (χ3n) is 10.6. The molecule has 7 heteroatoms. The van der Waals surface area contributed by atoms with Gasteiger partial charge in [-0.1, -0.05) is 88.4 Å². The molecule has 0 bridgehead atoms. The first kappa shape index (κ1) is 41.0. The third-order valence-corrected chi connectivity index (χ3v) is 10.6. The number of benzene rings is 6. The van der Waals surface area contributed by atoms with E-state index in [0.717, 1.165) is 22.6 Å². The zero-order chi connectivity index (χ0) is 40.4. The zero-order valence-corrected chi connectivity index (χ0v) is 33.6. The van der Waals surface area contributed by atoms with E-state index in [4.69, 9.17) is 23.7 Å². The van der Waals surface area contributed by atoms with Gasteiger partial charge in [0.2, 0.25) is 0 Å². The summed E-state index contributed by atoms with van der Waals surface area (Å²) in [4.78, 5) is 0. The lowest BCUT2D eigenvalue weighted by Crippen LogP contribution is -2.47. The topological polar surface area (TPSA) is 46.2 Å². The van der Waals surface area contributed by atoms with Crippen LogP contribution in [-0.2, 0) is 28.4 Å². The quantitative estimate of drug-likeness (QED) is 0.0871. The average molecular weight is 771 g/mol. The first-order chi connectivity index (χ1) is 27.5. The van der Waals surface area contributed by atoms with Gasteiger partial charge in [-0.2, -0.15) is 0 Å². The molecule has 5 nitrogen and oxygen atoms in total. The van der Waals surface area contributed by atoms with Crippen molar-refractivity contribution in [1.29, 1.82) is 0 Å². The molecule has 6 aromatic rings. The first-order valence-corrected chi connectivity index (χ1v) is 19.6. The summed E-state index contributed by atoms with van der Waals surface area (Å²) in [6, 6.07) is 44.3. The van der Waals surface area contributed by atoms with Gasteiger partial charge in [-0.3, -0.25) is 0 Å². The lowest BCUT2D eigenvalue weighted by molar-refractivity contribution is -0.0758. The van der Waals surface area contributed by atoms with Gasteiger partial charge in [0.25, 0.3) is 0 Å². The summed E-state index contributed by atoms with van der Waals surface area (Å²) in [6.45, 7) is 13.4. The van der Waals surface area contributed by atoms with Crippen LogP contribution in [0.1, 0.15) is 63.8 Å². The van der Waals surface area contributed by atoms with E-state index in [-0.39, 0.29) is 24.5 Å². The molecule has 0 aliphatic heterocycles. The van der Waals surface area contributed by atoms with Gasteiger partial charge < -0.3 is 23.7 Å². The number of hydrogen-bond acceptors (Lipinski definition) is 5. The van der Waals surface area contributed by atoms with E-state index in [1.807, 2.05) is 123 Å². The van der Waals surface area contributed by atoms with Crippen LogP contribution in [0, 0.1) is 11.6 Å². The van der Waals surface area contributed by atoms with Gasteiger partial charge in [0, 0.05) is 23.7 Å². The smallest absolute Gasteiger partial charge is 0.127 e. The van der Waals surface area contributed by atoms with Crippen LogP contribution in [0.4, 0.5) is 8.78 Å². The monoisotopic (exact) mass is 770 g/mol. The molecule has 0 spiro atoms. The predicted octanol–water partition coefficient (Wildman–Crippen LogP) is 12.8. The molecule has 6 rings (SSSR count). The first-order valence-electron chi connectivity index (χ1n) is 19.6. The Bertz CT molecular complexity index is 2010. The summed E-state index contributed by atoms with van der Waals surface area (Å²) in [5, 5.41) is 0. The highest BCUT2D eigenvalue weighted by Gasteiger charge is 2.40. The van der Waals surface area contributed by atoms with Crippen molar-refractivity contribution in [2.75, 3.05) is 13.2 Å². The fourth-order valence-electron chi connectivity index (χ4n) is 7.00. The second kappa shape index (κ2) is 18.5. The van der Waals surface area contributed by atoms with E-state index in [1.165, 1.54) is 12.1 Å². The normalized spacial score (nSPS) is 12.8. The van der Waals surface area contributed by atoms with E-state index < -0.39 is 23.0 Å². The minimum atomic E-state index is -0.669. The molecule has 0 saturated carbocycles. The van der Waals surface area contributed by atoms with Gasteiger partial charge in [0.05, 0.1) is 25.4 Å². The molecule has 0 saturated heterocycles. The van der Waals surface area contributed by atoms with Crippen LogP contribution in [-0.4, -0.2) is 25.4 Å². The third kappa shape index (κ3) is 10.4. The molecule has 0 N–H and O–H groups in total. The van der Waals surface area contributed by atoms with Crippen molar-refractivity contribution in [2.45, 2.75) is 77.4 Å². The molecule has 2 atom stereocenters. The van der Waals surface area contributed by atoms with Crippen molar-refractivity contribution in [3.8, 4) is 34.5 Å². The lowest BCUT2D eigenvalue weighted by Gasteiger charge is -2.43. The second-order valence-electron chi connectivity index (χ2n) is 15.2. The Labute approximate surface area is 336 Å². The molecule has 0 fully saturated rings. The molecule has 57 heavy (non-hydrogen) atoms. The molecule has 0 amide bonds. The summed E-state index contributed by atoms with van der Waals surface area (Å²) in [5.41, 5.74) is 1.50. The summed E-state index contributed by atoms with van der Waals surface area (Å²) < 4.78 is 63.1. The fourth-order valence-corrected chi connectivity index (χ4v) is 7.00. The second-order valence-corrected chi connectivity index (χ2v) is 15.2. The maximum atomic E-state index is 16.0. The SMILES string of the molecule is CCOc1ccc(C(C)(C)C(Cc2cc(Oc3ccccc3)ccc2F)OC(Cc2cc(Oc3ccccc3)ccc2F)C(C)(C)c2ccc(OCC)cc2)cc1. The van der Waals surface area contributed by atoms with Crippen LogP contribution in [0.2, 0.25) is 0 Å². The molecular formula is C50H52F2O5. The van der Waals surface area contributed by atoms with E-state index in [2.05, 4.69) is 27.7 Å². The van der Waals surface area contributed by atoms with Crippen LogP contribution >= 0.6 is 0 Å². The van der Waals surface area contributed by atoms with Gasteiger partial charge in [0.15, 0.2) is 0 Å². The number of hydrogen-bond donors (Lipinski definition) is 0. The van der Waals surface area contributed by atoms with Crippen LogP contribution < -0.4 is 18.9 Å². The van der Waals surface area contributed by atoms with E-state index >= 15 is 8.78 Å². The number of ether oxygens (including phenoxy) is 5. The Morgan fingerprint density at radius 3 is 1.14 bits per heavy atom. The van der Waals surface area contributed by atoms with Crippen molar-refractivity contribution < 1.29 is 32.5 Å². The van der Waals surface area contributed by atoms with E-state index in [9.17, 15) is 0 Å². The van der Waals surface area contributed by atoms with Crippen LogP contribution in [0.5, 0.6) is 34.5 Å². The summed E-state index contributed by atoms with van der Waals surface area (Å²) >= 11 is 0. The van der Waals surface area contributed by atoms with Crippen molar-refractivity contribution in [2.24, 2.45) is 0 Å². The molecule has 6 aromatic carbocycles. The zero-order valence-electron chi connectivity index (χ0n) is 33.6. The Balaban J connectivity index is 1.42. The fraction of sp³-hybridized carbons (Fsp3) is 0.280. The summed E-state index contributed by atoms with van der Waals surface area (Å²) in [5.74, 6) is 3.10. The number of halogens is 2. The molecule has 0 radical (unpaired) electrons. The highest BCUT2D eigenvalue weighted by molar-refractivity contribution is 5.39. The minimum Gasteiger partial charge on any atom is -0.494 e. The van der Waals surface area contributed by atoms with Crippen LogP contribution in [0.25, 0.3) is 0 Å². The molecule has 296 valence electrons. The van der Waals surface area contributed by atoms with Gasteiger partial charge in [-0.15, -0.1) is 0 Å². The van der Waals surface area contributed by atoms with Crippen LogP contribution in [0.15, 0.2) is 146 Å². The Hall–Kier alpha value is -5.66. The van der Waals surface area contributed by atoms with Crippen molar-refractivity contribution >= 4 is 0 Å². The molecule has 0 aromatic heterocycles. The minimum absolute atomic E-state index is 0.202. The molecule has 2 unspecified atom stereocenters. The number of para-hydroxylation sites is 2. The van der Waals surface area contributed by atoms with Gasteiger partial charge in [-0.25, -0.2) is 8.78 Å². The molecule has 0 aliphatic carbocycles. The lowest BCUT2D eigenvalue weighted by atomic mass is 9.74. The molecule has 0 heterocycles. The summed E-state index contributed by atoms with van der Waals surface area (Å²) in [7, 11) is 0. The van der Waals surface area contributed by atoms with Gasteiger partial charge >= 0.3 is 0 Å². The Morgan fingerprint density at radius 2 is 0.789 bits per heavy atom. The largest absolute Gasteiger partial charge is 0.494 e. The standard InChI is InChI=1S/C50H52F2O5/c1-7-53-39-23-19-37(20-24-39)49(3,4)47(33-35-31-43(27-29-45(35)51)55-41-15-11-9-12-16-41)57-48(50(5,6)38-21-25-40(26-22-38)54-8-2)34-36-32-44(28-30-46(36)52)56-42-17-13-10-14-18-42/h9-32,47-48H,7-8,33-34H2,1-6H3. The molecule has 0 aliphatic rings. The maximum absolute atomic E-state index is 16.0. The summed E-state index contributed by atoms with van der Waals surface area (Å²) in [6.07, 6.45) is -0.799. The average Bonchev–Trinajstić information content (AvgIpc) is 3.21. The highest BCUT2D eigenvalue weighted by Crippen LogP contribution is 2.40. The van der Waals surface area contributed by atoms with Crippen molar-refractivity contribution in [3.63, 3.8) is 0 Å². The predicted molar refractivity (Wildman–Crippen MR) is 223 cm³/mol.